The lowest BCUT2D eigenvalue weighted by molar-refractivity contribution is 0.160. The van der Waals surface area contributed by atoms with Gasteiger partial charge in [-0.3, -0.25) is 0 Å². The van der Waals surface area contributed by atoms with E-state index in [4.69, 9.17) is 0 Å². The van der Waals surface area contributed by atoms with Crippen LogP contribution in [0.2, 0.25) is 0 Å². The molecule has 2 heteroatoms. The Hall–Kier alpha value is 0.250. The number of nitrogens with zero attached hydrogens (tertiary/aromatic N) is 1. The van der Waals surface area contributed by atoms with Crippen LogP contribution in [0.4, 0.5) is 0 Å². The van der Waals surface area contributed by atoms with Crippen molar-refractivity contribution in [3.63, 3.8) is 0 Å². The van der Waals surface area contributed by atoms with E-state index in [1.807, 2.05) is 0 Å². The van der Waals surface area contributed by atoms with E-state index in [1.165, 1.54) is 32.2 Å². The van der Waals surface area contributed by atoms with Gasteiger partial charge in [-0.05, 0) is 32.9 Å². The van der Waals surface area contributed by atoms with E-state index < -0.39 is 0 Å². The van der Waals surface area contributed by atoms with E-state index in [-0.39, 0.29) is 12.4 Å². The topological polar surface area (TPSA) is 3.24 Å². The average molecular weight is 164 g/mol. The lowest BCUT2D eigenvalue weighted by Crippen LogP contribution is -2.37. The van der Waals surface area contributed by atoms with Gasteiger partial charge in [0, 0.05) is 6.04 Å². The Balaban J connectivity index is 0.000000810. The second-order valence-electron chi connectivity index (χ2n) is 3.07. The van der Waals surface area contributed by atoms with Crippen molar-refractivity contribution in [2.45, 2.75) is 38.6 Å². The lowest BCUT2D eigenvalue weighted by atomic mass is 9.92. The standard InChI is InChI=1S/C8H17N.ClH/c1-3-7-9(2)8-5-4-6-8;/h8H,3-7H2,1-2H3;1H. The van der Waals surface area contributed by atoms with Crippen molar-refractivity contribution in [1.29, 1.82) is 0 Å². The highest BCUT2D eigenvalue weighted by atomic mass is 35.5. The van der Waals surface area contributed by atoms with Crippen LogP contribution in [0.3, 0.4) is 0 Å². The van der Waals surface area contributed by atoms with Gasteiger partial charge in [-0.2, -0.15) is 0 Å². The zero-order chi connectivity index (χ0) is 6.69. The zero-order valence-electron chi connectivity index (χ0n) is 6.97. The van der Waals surface area contributed by atoms with E-state index in [9.17, 15) is 0 Å². The van der Waals surface area contributed by atoms with E-state index >= 15 is 0 Å². The largest absolute Gasteiger partial charge is 0.303 e. The number of halogens is 1. The highest BCUT2D eigenvalue weighted by Gasteiger charge is 2.20. The number of hydrogen-bond donors (Lipinski definition) is 0. The maximum Gasteiger partial charge on any atom is 0.00922 e. The maximum absolute atomic E-state index is 2.49. The first-order valence-electron chi connectivity index (χ1n) is 4.05. The Morgan fingerprint density at radius 1 is 1.40 bits per heavy atom. The molecule has 1 aliphatic rings. The molecule has 0 aliphatic heterocycles. The van der Waals surface area contributed by atoms with Gasteiger partial charge in [-0.15, -0.1) is 12.4 Å². The first-order chi connectivity index (χ1) is 4.34. The normalized spacial score (nSPS) is 18.3. The fraction of sp³-hybridized carbons (Fsp3) is 1.00. The van der Waals surface area contributed by atoms with Crippen molar-refractivity contribution in [2.24, 2.45) is 0 Å². The molecule has 0 aromatic rings. The van der Waals surface area contributed by atoms with Gasteiger partial charge in [0.2, 0.25) is 0 Å². The molecule has 0 atom stereocenters. The molecule has 62 valence electrons. The minimum absolute atomic E-state index is 0. The Labute approximate surface area is 70.2 Å². The summed E-state index contributed by atoms with van der Waals surface area (Å²) in [5, 5.41) is 0. The van der Waals surface area contributed by atoms with Crippen LogP contribution in [0, 0.1) is 0 Å². The molecule has 0 aromatic heterocycles. The summed E-state index contributed by atoms with van der Waals surface area (Å²) in [7, 11) is 2.24. The van der Waals surface area contributed by atoms with Crippen molar-refractivity contribution in [2.75, 3.05) is 13.6 Å². The Kier molecular flexibility index (Phi) is 5.10. The predicted molar refractivity (Wildman–Crippen MR) is 47.8 cm³/mol. The van der Waals surface area contributed by atoms with Gasteiger partial charge in [-0.25, -0.2) is 0 Å². The van der Waals surface area contributed by atoms with Crippen LogP contribution in [0.1, 0.15) is 32.6 Å². The number of hydrogen-bond acceptors (Lipinski definition) is 1. The summed E-state index contributed by atoms with van der Waals surface area (Å²) in [6.45, 7) is 3.53. The van der Waals surface area contributed by atoms with Gasteiger partial charge < -0.3 is 4.90 Å². The van der Waals surface area contributed by atoms with Crippen molar-refractivity contribution in [1.82, 2.24) is 4.90 Å². The molecule has 0 N–H and O–H groups in total. The number of rotatable bonds is 3. The van der Waals surface area contributed by atoms with E-state index in [0.29, 0.717) is 0 Å². The maximum atomic E-state index is 2.49. The summed E-state index contributed by atoms with van der Waals surface area (Å²) in [6.07, 6.45) is 5.64. The van der Waals surface area contributed by atoms with Gasteiger partial charge >= 0.3 is 0 Å². The summed E-state index contributed by atoms with van der Waals surface area (Å²) in [6, 6.07) is 0.935. The minimum atomic E-state index is 0. The summed E-state index contributed by atoms with van der Waals surface area (Å²) in [4.78, 5) is 2.49. The van der Waals surface area contributed by atoms with Crippen LogP contribution in [-0.4, -0.2) is 24.5 Å². The Morgan fingerprint density at radius 3 is 2.30 bits per heavy atom. The lowest BCUT2D eigenvalue weighted by Gasteiger charge is -2.34. The Morgan fingerprint density at radius 2 is 2.00 bits per heavy atom. The third-order valence-corrected chi connectivity index (χ3v) is 2.27. The average Bonchev–Trinajstić information content (AvgIpc) is 1.60. The molecule has 0 aromatic carbocycles. The molecule has 0 saturated heterocycles. The molecular formula is C8H18ClN. The summed E-state index contributed by atoms with van der Waals surface area (Å²) in [5.74, 6) is 0. The first kappa shape index (κ1) is 10.2. The first-order valence-corrected chi connectivity index (χ1v) is 4.05. The highest BCUT2D eigenvalue weighted by Crippen LogP contribution is 2.23. The van der Waals surface area contributed by atoms with Gasteiger partial charge in [-0.1, -0.05) is 13.3 Å². The molecule has 1 nitrogen and oxygen atoms in total. The minimum Gasteiger partial charge on any atom is -0.303 e. The molecule has 1 aliphatic carbocycles. The second-order valence-corrected chi connectivity index (χ2v) is 3.07. The molecule has 0 amide bonds. The van der Waals surface area contributed by atoms with Gasteiger partial charge in [0.1, 0.15) is 0 Å². The van der Waals surface area contributed by atoms with Crippen LogP contribution in [-0.2, 0) is 0 Å². The predicted octanol–water partition coefficient (Wildman–Crippen LogP) is 2.30. The SMILES string of the molecule is CCCN(C)C1CCC1.Cl. The van der Waals surface area contributed by atoms with Crippen LogP contribution >= 0.6 is 12.4 Å². The molecule has 0 unspecified atom stereocenters. The van der Waals surface area contributed by atoms with Crippen LogP contribution in [0.5, 0.6) is 0 Å². The van der Waals surface area contributed by atoms with Crippen molar-refractivity contribution in [3.8, 4) is 0 Å². The van der Waals surface area contributed by atoms with Crippen molar-refractivity contribution < 1.29 is 0 Å². The zero-order valence-corrected chi connectivity index (χ0v) is 7.78. The fourth-order valence-corrected chi connectivity index (χ4v) is 1.36. The molecule has 1 fully saturated rings. The van der Waals surface area contributed by atoms with Crippen molar-refractivity contribution >= 4 is 12.4 Å². The van der Waals surface area contributed by atoms with E-state index in [0.717, 1.165) is 6.04 Å². The van der Waals surface area contributed by atoms with Crippen LogP contribution in [0.25, 0.3) is 0 Å². The Bertz CT molecular complexity index is 81.3. The molecule has 0 heterocycles. The molecule has 1 rings (SSSR count). The third-order valence-electron chi connectivity index (χ3n) is 2.27. The molecule has 10 heavy (non-hydrogen) atoms. The molecule has 0 spiro atoms. The molecule has 0 radical (unpaired) electrons. The van der Waals surface area contributed by atoms with Crippen LogP contribution in [0.15, 0.2) is 0 Å². The quantitative estimate of drug-likeness (QED) is 0.617. The van der Waals surface area contributed by atoms with E-state index in [2.05, 4.69) is 18.9 Å². The van der Waals surface area contributed by atoms with Gasteiger partial charge in [0.15, 0.2) is 0 Å². The second kappa shape index (κ2) is 4.97. The van der Waals surface area contributed by atoms with Crippen molar-refractivity contribution in [3.05, 3.63) is 0 Å². The van der Waals surface area contributed by atoms with Gasteiger partial charge in [0.05, 0.1) is 0 Å². The monoisotopic (exact) mass is 163 g/mol. The smallest absolute Gasteiger partial charge is 0.00922 e. The van der Waals surface area contributed by atoms with E-state index in [1.54, 1.807) is 0 Å². The summed E-state index contributed by atoms with van der Waals surface area (Å²) in [5.41, 5.74) is 0. The summed E-state index contributed by atoms with van der Waals surface area (Å²) < 4.78 is 0. The molecule has 0 bridgehead atoms. The molecular weight excluding hydrogens is 146 g/mol. The third kappa shape index (κ3) is 2.47. The summed E-state index contributed by atoms with van der Waals surface area (Å²) >= 11 is 0. The van der Waals surface area contributed by atoms with Crippen LogP contribution < -0.4 is 0 Å². The fourth-order valence-electron chi connectivity index (χ4n) is 1.36. The van der Waals surface area contributed by atoms with Gasteiger partial charge in [0.25, 0.3) is 0 Å². The highest BCUT2D eigenvalue weighted by molar-refractivity contribution is 5.85. The molecule has 1 saturated carbocycles.